The van der Waals surface area contributed by atoms with Crippen molar-refractivity contribution in [3.63, 3.8) is 0 Å². The molecule has 0 spiro atoms. The molecule has 0 saturated carbocycles. The fourth-order valence-corrected chi connectivity index (χ4v) is 4.02. The van der Waals surface area contributed by atoms with E-state index in [1.807, 2.05) is 6.92 Å². The zero-order valence-corrected chi connectivity index (χ0v) is 19.8. The fourth-order valence-electron chi connectivity index (χ4n) is 3.66. The number of fused-ring (bicyclic) bond motifs is 1. The number of aliphatic imine (C=N–C) groups is 1. The number of nitrogens with zero attached hydrogens (tertiary/aromatic N) is 2. The highest BCUT2D eigenvalue weighted by Crippen LogP contribution is 2.43. The van der Waals surface area contributed by atoms with Crippen LogP contribution in [0.3, 0.4) is 0 Å². The fraction of sp³-hybridized carbons (Fsp3) is 0.231. The molecule has 1 aliphatic heterocycles. The van der Waals surface area contributed by atoms with E-state index in [1.165, 1.54) is 24.1 Å². The van der Waals surface area contributed by atoms with Crippen molar-refractivity contribution < 1.29 is 26.7 Å². The molecule has 35 heavy (non-hydrogen) atoms. The van der Waals surface area contributed by atoms with Crippen LogP contribution in [0.25, 0.3) is 0 Å². The molecule has 0 aliphatic carbocycles. The summed E-state index contributed by atoms with van der Waals surface area (Å²) in [6.07, 6.45) is 1.04. The SMILES string of the molecule is C=C/C(=C/N1/C(=C\CCC)CN=C(c2c(F)cccc2F)c2c1ccc(C(F)(F)F)c2Cl)C(C)=O. The molecular weight excluding hydrogens is 487 g/mol. The second-order valence-electron chi connectivity index (χ2n) is 7.78. The molecule has 0 radical (unpaired) electrons. The summed E-state index contributed by atoms with van der Waals surface area (Å²) in [6.45, 7) is 6.75. The van der Waals surface area contributed by atoms with Crippen LogP contribution in [-0.4, -0.2) is 18.0 Å². The number of carbonyl (C=O) groups excluding carboxylic acids is 1. The van der Waals surface area contributed by atoms with Crippen LogP contribution in [0.1, 0.15) is 43.4 Å². The maximum absolute atomic E-state index is 14.8. The van der Waals surface area contributed by atoms with Gasteiger partial charge in [-0.1, -0.05) is 49.7 Å². The molecule has 3 rings (SSSR count). The summed E-state index contributed by atoms with van der Waals surface area (Å²) in [5.74, 6) is -2.33. The van der Waals surface area contributed by atoms with Crippen molar-refractivity contribution >= 4 is 28.8 Å². The Morgan fingerprint density at radius 2 is 1.83 bits per heavy atom. The van der Waals surface area contributed by atoms with E-state index in [-0.39, 0.29) is 34.9 Å². The molecule has 184 valence electrons. The van der Waals surface area contributed by atoms with Crippen molar-refractivity contribution in [2.75, 3.05) is 11.4 Å². The van der Waals surface area contributed by atoms with Crippen molar-refractivity contribution in [1.82, 2.24) is 0 Å². The van der Waals surface area contributed by atoms with Crippen LogP contribution in [0.5, 0.6) is 0 Å². The van der Waals surface area contributed by atoms with Gasteiger partial charge in [-0.25, -0.2) is 8.78 Å². The third kappa shape index (κ3) is 5.37. The van der Waals surface area contributed by atoms with E-state index in [9.17, 15) is 26.7 Å². The van der Waals surface area contributed by atoms with E-state index >= 15 is 0 Å². The lowest BCUT2D eigenvalue weighted by molar-refractivity contribution is -0.137. The number of alkyl halides is 3. The van der Waals surface area contributed by atoms with Crippen LogP contribution in [0.4, 0.5) is 27.6 Å². The zero-order chi connectivity index (χ0) is 25.9. The second kappa shape index (κ2) is 10.6. The molecule has 0 unspecified atom stereocenters. The first kappa shape index (κ1) is 26.3. The zero-order valence-electron chi connectivity index (χ0n) is 19.0. The normalized spacial score (nSPS) is 15.5. The van der Waals surface area contributed by atoms with Crippen LogP contribution in [0.15, 0.2) is 71.5 Å². The van der Waals surface area contributed by atoms with Gasteiger partial charge in [-0.15, -0.1) is 0 Å². The van der Waals surface area contributed by atoms with Crippen molar-refractivity contribution in [3.05, 3.63) is 99.9 Å². The average molecular weight is 509 g/mol. The molecule has 9 heteroatoms. The maximum Gasteiger partial charge on any atom is 0.417 e. The van der Waals surface area contributed by atoms with Gasteiger partial charge in [-0.2, -0.15) is 13.2 Å². The van der Waals surface area contributed by atoms with E-state index in [2.05, 4.69) is 11.6 Å². The van der Waals surface area contributed by atoms with Crippen molar-refractivity contribution in [3.8, 4) is 0 Å². The highest BCUT2D eigenvalue weighted by atomic mass is 35.5. The van der Waals surface area contributed by atoms with Crippen LogP contribution < -0.4 is 4.90 Å². The minimum atomic E-state index is -4.83. The number of unbranched alkanes of at least 4 members (excludes halogenated alkanes) is 1. The lowest BCUT2D eigenvalue weighted by Gasteiger charge is -2.26. The number of benzene rings is 2. The van der Waals surface area contributed by atoms with Crippen LogP contribution >= 0.6 is 11.6 Å². The van der Waals surface area contributed by atoms with Crippen molar-refractivity contribution in [1.29, 1.82) is 0 Å². The third-order valence-electron chi connectivity index (χ3n) is 5.39. The lowest BCUT2D eigenvalue weighted by Crippen LogP contribution is -2.21. The van der Waals surface area contributed by atoms with Gasteiger partial charge in [-0.3, -0.25) is 9.79 Å². The Balaban J connectivity index is 2.46. The van der Waals surface area contributed by atoms with Gasteiger partial charge < -0.3 is 4.90 Å². The second-order valence-corrected chi connectivity index (χ2v) is 8.16. The van der Waals surface area contributed by atoms with Crippen LogP contribution in [-0.2, 0) is 11.0 Å². The number of ketones is 1. The number of rotatable bonds is 6. The number of anilines is 1. The Hall–Kier alpha value is -3.26. The first-order chi connectivity index (χ1) is 16.5. The van der Waals surface area contributed by atoms with Gasteiger partial charge in [0.15, 0.2) is 5.78 Å². The van der Waals surface area contributed by atoms with E-state index in [0.717, 1.165) is 36.8 Å². The van der Waals surface area contributed by atoms with Crippen LogP contribution in [0.2, 0.25) is 5.02 Å². The summed E-state index contributed by atoms with van der Waals surface area (Å²) >= 11 is 6.28. The number of halogens is 6. The summed E-state index contributed by atoms with van der Waals surface area (Å²) in [6, 6.07) is 5.07. The molecule has 1 aliphatic rings. The number of hydrogen-bond donors (Lipinski definition) is 0. The van der Waals surface area contributed by atoms with Gasteiger partial charge in [0.25, 0.3) is 0 Å². The van der Waals surface area contributed by atoms with Gasteiger partial charge in [0.1, 0.15) is 11.6 Å². The summed E-state index contributed by atoms with van der Waals surface area (Å²) in [5.41, 5.74) is -1.66. The standard InChI is InChI=1S/C26H22ClF5N2O/c1-4-6-8-17-13-33-25(22-19(28)9-7-10-20(22)29)23-21(34(17)14-16(5-2)15(3)35)12-11-18(24(23)27)26(30,31)32/h5,7-12,14H,2,4,6,13H2,1,3H3/b16-14-,17-8-. The first-order valence-corrected chi connectivity index (χ1v) is 11.1. The quantitative estimate of drug-likeness (QED) is 0.228. The largest absolute Gasteiger partial charge is 0.417 e. The van der Waals surface area contributed by atoms with Gasteiger partial charge in [0.05, 0.1) is 34.1 Å². The summed E-state index contributed by atoms with van der Waals surface area (Å²) in [7, 11) is 0. The van der Waals surface area contributed by atoms with E-state index in [0.29, 0.717) is 12.1 Å². The minimum absolute atomic E-state index is 0.0878. The topological polar surface area (TPSA) is 32.7 Å². The Morgan fingerprint density at radius 1 is 1.17 bits per heavy atom. The monoisotopic (exact) mass is 508 g/mol. The molecule has 0 amide bonds. The number of allylic oxidation sites excluding steroid dienone is 3. The molecule has 2 aromatic carbocycles. The molecule has 0 fully saturated rings. The number of Topliss-reactive ketones (excluding diaryl/α,β-unsaturated/α-hetero) is 1. The Kier molecular flexibility index (Phi) is 7.95. The molecule has 2 aromatic rings. The Bertz CT molecular complexity index is 1240. The lowest BCUT2D eigenvalue weighted by atomic mass is 9.96. The molecule has 0 bridgehead atoms. The highest BCUT2D eigenvalue weighted by molar-refractivity contribution is 6.37. The van der Waals surface area contributed by atoms with Gasteiger partial charge in [0.2, 0.25) is 0 Å². The molecule has 0 atom stereocenters. The van der Waals surface area contributed by atoms with Crippen LogP contribution in [0, 0.1) is 11.6 Å². The highest BCUT2D eigenvalue weighted by Gasteiger charge is 2.37. The van der Waals surface area contributed by atoms with Crippen molar-refractivity contribution in [2.45, 2.75) is 32.9 Å². The molecular formula is C26H22ClF5N2O. The number of carbonyl (C=O) groups is 1. The summed E-state index contributed by atoms with van der Waals surface area (Å²) in [4.78, 5) is 17.9. The number of benzodiazepines with no additional fused rings is 1. The third-order valence-corrected chi connectivity index (χ3v) is 5.79. The van der Waals surface area contributed by atoms with E-state index in [4.69, 9.17) is 11.6 Å². The molecule has 0 N–H and O–H groups in total. The smallest absolute Gasteiger partial charge is 0.318 e. The molecule has 0 aromatic heterocycles. The molecule has 0 saturated heterocycles. The average Bonchev–Trinajstić information content (AvgIpc) is 2.92. The molecule has 1 heterocycles. The minimum Gasteiger partial charge on any atom is -0.318 e. The van der Waals surface area contributed by atoms with E-state index in [1.54, 1.807) is 6.08 Å². The van der Waals surface area contributed by atoms with E-state index < -0.39 is 34.0 Å². The summed E-state index contributed by atoms with van der Waals surface area (Å²) in [5, 5.41) is -0.755. The first-order valence-electron chi connectivity index (χ1n) is 10.7. The summed E-state index contributed by atoms with van der Waals surface area (Å²) < 4.78 is 70.9. The molecule has 3 nitrogen and oxygen atoms in total. The number of hydrogen-bond acceptors (Lipinski definition) is 3. The van der Waals surface area contributed by atoms with Gasteiger partial charge in [-0.05, 0) is 37.6 Å². The van der Waals surface area contributed by atoms with Crippen molar-refractivity contribution in [2.24, 2.45) is 4.99 Å². The Morgan fingerprint density at radius 3 is 2.37 bits per heavy atom. The predicted octanol–water partition coefficient (Wildman–Crippen LogP) is 7.64. The predicted molar refractivity (Wildman–Crippen MR) is 128 cm³/mol. The van der Waals surface area contributed by atoms with Gasteiger partial charge >= 0.3 is 6.18 Å². The maximum atomic E-state index is 14.8. The Labute approximate surface area is 204 Å². The van der Waals surface area contributed by atoms with Gasteiger partial charge in [0, 0.05) is 23.0 Å².